The zero-order chi connectivity index (χ0) is 15.8. The molecule has 1 saturated heterocycles. The van der Waals surface area contributed by atoms with Gasteiger partial charge in [-0.15, -0.1) is 0 Å². The second kappa shape index (κ2) is 6.35. The molecule has 1 aromatic rings. The van der Waals surface area contributed by atoms with Crippen molar-refractivity contribution in [3.63, 3.8) is 0 Å². The number of carbonyl (C=O) groups is 1. The molecular formula is C19H25ClN2O. The molecular weight excluding hydrogens is 308 g/mol. The van der Waals surface area contributed by atoms with Crippen LogP contribution in [0.2, 0.25) is 5.02 Å². The molecule has 3 fully saturated rings. The number of fused-ring (bicyclic) bond motifs is 2. The van der Waals surface area contributed by atoms with Crippen LogP contribution in [-0.4, -0.2) is 37.0 Å². The van der Waals surface area contributed by atoms with Crippen molar-refractivity contribution in [2.45, 2.75) is 32.1 Å². The van der Waals surface area contributed by atoms with Crippen LogP contribution in [0.15, 0.2) is 24.3 Å². The summed E-state index contributed by atoms with van der Waals surface area (Å²) in [6.07, 6.45) is 6.26. The summed E-state index contributed by atoms with van der Waals surface area (Å²) in [7, 11) is 0. The molecule has 124 valence electrons. The van der Waals surface area contributed by atoms with Crippen LogP contribution in [-0.2, 0) is 4.79 Å². The van der Waals surface area contributed by atoms with Crippen LogP contribution >= 0.6 is 11.6 Å². The summed E-state index contributed by atoms with van der Waals surface area (Å²) in [5.41, 5.74) is 1.16. The Kier molecular flexibility index (Phi) is 4.23. The van der Waals surface area contributed by atoms with Crippen molar-refractivity contribution in [1.29, 1.82) is 0 Å². The Morgan fingerprint density at radius 1 is 1.13 bits per heavy atom. The summed E-state index contributed by atoms with van der Waals surface area (Å²) in [6.45, 7) is 3.49. The van der Waals surface area contributed by atoms with Gasteiger partial charge in [0.2, 0.25) is 5.91 Å². The normalized spacial score (nSPS) is 30.0. The fraction of sp³-hybridized carbons (Fsp3) is 0.632. The topological polar surface area (TPSA) is 23.6 Å². The molecule has 0 spiro atoms. The second-order valence-electron chi connectivity index (χ2n) is 7.49. The first-order valence-electron chi connectivity index (χ1n) is 8.97. The molecule has 4 heteroatoms. The molecule has 4 rings (SSSR count). The minimum absolute atomic E-state index is 0.383. The Bertz CT molecular complexity index is 582. The van der Waals surface area contributed by atoms with E-state index >= 15 is 0 Å². The number of hydrogen-bond acceptors (Lipinski definition) is 2. The van der Waals surface area contributed by atoms with Gasteiger partial charge in [0.05, 0.1) is 0 Å². The maximum absolute atomic E-state index is 12.6. The highest BCUT2D eigenvalue weighted by Crippen LogP contribution is 2.49. The summed E-state index contributed by atoms with van der Waals surface area (Å²) in [5, 5.41) is 0.775. The summed E-state index contributed by atoms with van der Waals surface area (Å²) >= 11 is 6.08. The zero-order valence-electron chi connectivity index (χ0n) is 13.6. The highest BCUT2D eigenvalue weighted by molar-refractivity contribution is 6.30. The third-order valence-corrected chi connectivity index (χ3v) is 6.36. The highest BCUT2D eigenvalue weighted by atomic mass is 35.5. The molecule has 2 bridgehead atoms. The molecule has 2 saturated carbocycles. The van der Waals surface area contributed by atoms with Gasteiger partial charge in [0.15, 0.2) is 0 Å². The van der Waals surface area contributed by atoms with Crippen LogP contribution in [0.25, 0.3) is 0 Å². The quantitative estimate of drug-likeness (QED) is 0.840. The first-order valence-corrected chi connectivity index (χ1v) is 9.35. The molecule has 1 aromatic carbocycles. The van der Waals surface area contributed by atoms with Gasteiger partial charge in [0, 0.05) is 43.3 Å². The van der Waals surface area contributed by atoms with Crippen LogP contribution in [0.3, 0.4) is 0 Å². The SMILES string of the molecule is O=C(C[C@@H]1C[C@H]2CC[C@@H]1C2)N1CCN(c2cccc(Cl)c2)CC1. The molecule has 0 aromatic heterocycles. The molecule has 23 heavy (non-hydrogen) atoms. The molecule has 3 nitrogen and oxygen atoms in total. The number of rotatable bonds is 3. The summed E-state index contributed by atoms with van der Waals surface area (Å²) in [6, 6.07) is 8.00. The average Bonchev–Trinajstić information content (AvgIpc) is 3.18. The number of carbonyl (C=O) groups excluding carboxylic acids is 1. The van der Waals surface area contributed by atoms with E-state index in [0.717, 1.165) is 55.1 Å². The Balaban J connectivity index is 1.30. The van der Waals surface area contributed by atoms with Gasteiger partial charge < -0.3 is 9.80 Å². The van der Waals surface area contributed by atoms with Crippen molar-refractivity contribution in [3.05, 3.63) is 29.3 Å². The first-order chi connectivity index (χ1) is 11.2. The maximum Gasteiger partial charge on any atom is 0.222 e. The third kappa shape index (κ3) is 3.21. The molecule has 2 aliphatic carbocycles. The van der Waals surface area contributed by atoms with Crippen molar-refractivity contribution in [3.8, 4) is 0 Å². The molecule has 0 unspecified atom stereocenters. The van der Waals surface area contributed by atoms with E-state index in [2.05, 4.69) is 15.9 Å². The molecule has 1 amide bonds. The molecule has 0 N–H and O–H groups in total. The van der Waals surface area contributed by atoms with E-state index in [1.165, 1.54) is 25.7 Å². The van der Waals surface area contributed by atoms with Gasteiger partial charge in [-0.2, -0.15) is 0 Å². The minimum Gasteiger partial charge on any atom is -0.368 e. The van der Waals surface area contributed by atoms with Crippen molar-refractivity contribution in [2.75, 3.05) is 31.1 Å². The number of benzene rings is 1. The number of hydrogen-bond donors (Lipinski definition) is 0. The standard InChI is InChI=1S/C19H25ClN2O/c20-17-2-1-3-18(13-17)21-6-8-22(9-7-21)19(23)12-16-11-14-4-5-15(16)10-14/h1-3,13-16H,4-12H2/t14-,15+,16-/m0/s1. The lowest BCUT2D eigenvalue weighted by atomic mass is 9.86. The van der Waals surface area contributed by atoms with E-state index in [4.69, 9.17) is 11.6 Å². The van der Waals surface area contributed by atoms with Crippen molar-refractivity contribution in [1.82, 2.24) is 4.90 Å². The van der Waals surface area contributed by atoms with E-state index < -0.39 is 0 Å². The van der Waals surface area contributed by atoms with Crippen molar-refractivity contribution >= 4 is 23.2 Å². The van der Waals surface area contributed by atoms with E-state index in [1.54, 1.807) is 0 Å². The number of nitrogens with zero attached hydrogens (tertiary/aromatic N) is 2. The van der Waals surface area contributed by atoms with Gasteiger partial charge in [0.25, 0.3) is 0 Å². The molecule has 3 atom stereocenters. The van der Waals surface area contributed by atoms with Crippen LogP contribution in [0, 0.1) is 17.8 Å². The smallest absolute Gasteiger partial charge is 0.222 e. The molecule has 0 radical (unpaired) electrons. The minimum atomic E-state index is 0.383. The molecule has 1 aliphatic heterocycles. The predicted molar refractivity (Wildman–Crippen MR) is 93.8 cm³/mol. The highest BCUT2D eigenvalue weighted by Gasteiger charge is 2.40. The average molecular weight is 333 g/mol. The van der Waals surface area contributed by atoms with E-state index in [0.29, 0.717) is 11.8 Å². The number of anilines is 1. The summed E-state index contributed by atoms with van der Waals surface area (Å²) in [4.78, 5) is 17.0. The van der Waals surface area contributed by atoms with Crippen molar-refractivity contribution < 1.29 is 4.79 Å². The van der Waals surface area contributed by atoms with Gasteiger partial charge in [-0.3, -0.25) is 4.79 Å². The zero-order valence-corrected chi connectivity index (χ0v) is 14.3. The van der Waals surface area contributed by atoms with E-state index in [-0.39, 0.29) is 0 Å². The molecule has 1 heterocycles. The third-order valence-electron chi connectivity index (χ3n) is 6.13. The van der Waals surface area contributed by atoms with Gasteiger partial charge in [-0.1, -0.05) is 24.1 Å². The van der Waals surface area contributed by atoms with Crippen molar-refractivity contribution in [2.24, 2.45) is 17.8 Å². The largest absolute Gasteiger partial charge is 0.368 e. The van der Waals surface area contributed by atoms with Gasteiger partial charge in [0.1, 0.15) is 0 Å². The summed E-state index contributed by atoms with van der Waals surface area (Å²) < 4.78 is 0. The summed E-state index contributed by atoms with van der Waals surface area (Å²) in [5.74, 6) is 2.83. The van der Waals surface area contributed by atoms with Crippen LogP contribution < -0.4 is 4.90 Å². The number of amides is 1. The lowest BCUT2D eigenvalue weighted by molar-refractivity contribution is -0.132. The first kappa shape index (κ1) is 15.3. The maximum atomic E-state index is 12.6. The number of halogens is 1. The lowest BCUT2D eigenvalue weighted by Crippen LogP contribution is -2.49. The van der Waals surface area contributed by atoms with E-state index in [9.17, 15) is 4.79 Å². The fourth-order valence-corrected chi connectivity index (χ4v) is 5.05. The van der Waals surface area contributed by atoms with Crippen LogP contribution in [0.5, 0.6) is 0 Å². The molecule has 3 aliphatic rings. The monoisotopic (exact) mass is 332 g/mol. The lowest BCUT2D eigenvalue weighted by Gasteiger charge is -2.37. The Labute approximate surface area is 143 Å². The fourth-order valence-electron chi connectivity index (χ4n) is 4.87. The Morgan fingerprint density at radius 3 is 2.61 bits per heavy atom. The van der Waals surface area contributed by atoms with E-state index in [1.807, 2.05) is 18.2 Å². The Morgan fingerprint density at radius 2 is 1.96 bits per heavy atom. The predicted octanol–water partition coefficient (Wildman–Crippen LogP) is 3.81. The Hall–Kier alpha value is -1.22. The van der Waals surface area contributed by atoms with Crippen LogP contribution in [0.1, 0.15) is 32.1 Å². The second-order valence-corrected chi connectivity index (χ2v) is 7.92. The van der Waals surface area contributed by atoms with Gasteiger partial charge in [-0.05, 0) is 55.2 Å². The number of piperazine rings is 1. The van der Waals surface area contributed by atoms with Crippen LogP contribution in [0.4, 0.5) is 5.69 Å². The van der Waals surface area contributed by atoms with Gasteiger partial charge in [-0.25, -0.2) is 0 Å². The van der Waals surface area contributed by atoms with Gasteiger partial charge >= 0.3 is 0 Å².